The maximum atomic E-state index is 12.3. The zero-order valence-electron chi connectivity index (χ0n) is 11.0. The highest BCUT2D eigenvalue weighted by Gasteiger charge is 2.17. The maximum Gasteiger partial charge on any atom is 0.261 e. The Morgan fingerprint density at radius 1 is 1.52 bits per heavy atom. The van der Waals surface area contributed by atoms with Crippen LogP contribution in [-0.2, 0) is 0 Å². The van der Waals surface area contributed by atoms with Gasteiger partial charge in [-0.15, -0.1) is 22.7 Å². The second kappa shape index (κ2) is 4.68. The number of aromatic nitrogens is 4. The van der Waals surface area contributed by atoms with E-state index in [1.165, 1.54) is 11.3 Å². The lowest BCUT2D eigenvalue weighted by Gasteiger charge is -2.10. The predicted octanol–water partition coefficient (Wildman–Crippen LogP) is 2.82. The van der Waals surface area contributed by atoms with Crippen LogP contribution in [0.3, 0.4) is 0 Å². The average Bonchev–Trinajstić information content (AvgIpc) is 3.20. The third-order valence-corrected chi connectivity index (χ3v) is 5.10. The van der Waals surface area contributed by atoms with E-state index in [1.807, 2.05) is 29.0 Å². The van der Waals surface area contributed by atoms with E-state index in [9.17, 15) is 4.79 Å². The Labute approximate surface area is 127 Å². The first-order chi connectivity index (χ1) is 10.2. The SMILES string of the molecule is CC(NC(=O)c1cc2c(nc3sccn32)s1)c1cn[nH]c1. The summed E-state index contributed by atoms with van der Waals surface area (Å²) >= 11 is 3.00. The minimum Gasteiger partial charge on any atom is -0.345 e. The largest absolute Gasteiger partial charge is 0.345 e. The number of aromatic amines is 1. The first kappa shape index (κ1) is 12.5. The Morgan fingerprint density at radius 3 is 3.24 bits per heavy atom. The molecule has 0 aliphatic carbocycles. The molecule has 0 bridgehead atoms. The van der Waals surface area contributed by atoms with Gasteiger partial charge in [-0.2, -0.15) is 5.10 Å². The maximum absolute atomic E-state index is 12.3. The van der Waals surface area contributed by atoms with Crippen molar-refractivity contribution in [1.82, 2.24) is 24.9 Å². The fourth-order valence-corrected chi connectivity index (χ4v) is 3.91. The van der Waals surface area contributed by atoms with Gasteiger partial charge in [-0.3, -0.25) is 14.3 Å². The van der Waals surface area contributed by atoms with Crippen LogP contribution in [0.5, 0.6) is 0 Å². The van der Waals surface area contributed by atoms with Crippen molar-refractivity contribution in [1.29, 1.82) is 0 Å². The fourth-order valence-electron chi connectivity index (χ4n) is 2.21. The number of carbonyl (C=O) groups excluding carboxylic acids is 1. The molecular weight excluding hydrogens is 306 g/mol. The zero-order valence-corrected chi connectivity index (χ0v) is 12.7. The number of nitrogens with zero attached hydrogens (tertiary/aromatic N) is 3. The number of hydrogen-bond acceptors (Lipinski definition) is 5. The number of thiazole rings is 1. The lowest BCUT2D eigenvalue weighted by atomic mass is 10.2. The van der Waals surface area contributed by atoms with Crippen molar-refractivity contribution in [2.45, 2.75) is 13.0 Å². The van der Waals surface area contributed by atoms with Gasteiger partial charge in [-0.1, -0.05) is 0 Å². The van der Waals surface area contributed by atoms with E-state index in [2.05, 4.69) is 20.5 Å². The van der Waals surface area contributed by atoms with Gasteiger partial charge < -0.3 is 5.32 Å². The van der Waals surface area contributed by atoms with Crippen molar-refractivity contribution in [2.75, 3.05) is 0 Å². The number of fused-ring (bicyclic) bond motifs is 3. The molecular formula is C13H11N5OS2. The molecule has 21 heavy (non-hydrogen) atoms. The van der Waals surface area contributed by atoms with Crippen LogP contribution < -0.4 is 5.32 Å². The summed E-state index contributed by atoms with van der Waals surface area (Å²) in [6.07, 6.45) is 5.46. The van der Waals surface area contributed by atoms with Crippen molar-refractivity contribution in [3.05, 3.63) is 40.5 Å². The summed E-state index contributed by atoms with van der Waals surface area (Å²) < 4.78 is 2.01. The van der Waals surface area contributed by atoms with Crippen LogP contribution >= 0.6 is 22.7 Å². The summed E-state index contributed by atoms with van der Waals surface area (Å²) in [5, 5.41) is 11.6. The van der Waals surface area contributed by atoms with Gasteiger partial charge in [0.05, 0.1) is 22.6 Å². The van der Waals surface area contributed by atoms with Crippen molar-refractivity contribution < 1.29 is 4.79 Å². The minimum atomic E-state index is -0.0884. The topological polar surface area (TPSA) is 75.1 Å². The van der Waals surface area contributed by atoms with Crippen LogP contribution in [-0.4, -0.2) is 25.5 Å². The normalized spacial score (nSPS) is 13.0. The Kier molecular flexibility index (Phi) is 2.79. The minimum absolute atomic E-state index is 0.0873. The van der Waals surface area contributed by atoms with E-state index < -0.39 is 0 Å². The molecule has 0 saturated heterocycles. The van der Waals surface area contributed by atoms with Crippen LogP contribution in [0, 0.1) is 0 Å². The Morgan fingerprint density at radius 2 is 2.43 bits per heavy atom. The van der Waals surface area contributed by atoms with Gasteiger partial charge >= 0.3 is 0 Å². The summed E-state index contributed by atoms with van der Waals surface area (Å²) in [7, 11) is 0. The number of H-pyrrole nitrogens is 1. The predicted molar refractivity (Wildman–Crippen MR) is 82.9 cm³/mol. The standard InChI is InChI=1S/C13H11N5OS2/c1-7(8-5-14-15-6-8)16-11(19)10-4-9-12(21-10)17-13-18(9)2-3-20-13/h2-7H,1H3,(H,14,15)(H,16,19). The van der Waals surface area contributed by atoms with Crippen molar-refractivity contribution in [3.8, 4) is 0 Å². The van der Waals surface area contributed by atoms with E-state index in [4.69, 9.17) is 0 Å². The van der Waals surface area contributed by atoms with Gasteiger partial charge in [-0.25, -0.2) is 4.98 Å². The first-order valence-electron chi connectivity index (χ1n) is 6.37. The Hall–Kier alpha value is -2.19. The molecule has 0 aliphatic heterocycles. The van der Waals surface area contributed by atoms with E-state index >= 15 is 0 Å². The van der Waals surface area contributed by atoms with E-state index in [-0.39, 0.29) is 11.9 Å². The molecule has 4 aromatic rings. The molecule has 4 heterocycles. The molecule has 1 amide bonds. The molecule has 2 N–H and O–H groups in total. The second-order valence-electron chi connectivity index (χ2n) is 4.70. The van der Waals surface area contributed by atoms with Crippen LogP contribution in [0.15, 0.2) is 30.0 Å². The van der Waals surface area contributed by atoms with Gasteiger partial charge in [0.15, 0.2) is 4.96 Å². The summed E-state index contributed by atoms with van der Waals surface area (Å²) in [4.78, 5) is 19.4. The molecule has 1 atom stereocenters. The van der Waals surface area contributed by atoms with Gasteiger partial charge in [0.2, 0.25) is 0 Å². The van der Waals surface area contributed by atoms with Crippen molar-refractivity contribution >= 4 is 43.9 Å². The quantitative estimate of drug-likeness (QED) is 0.610. The molecule has 0 fully saturated rings. The summed E-state index contributed by atoms with van der Waals surface area (Å²) in [6, 6.07) is 1.80. The second-order valence-corrected chi connectivity index (χ2v) is 6.60. The number of rotatable bonds is 3. The number of imidazole rings is 1. The lowest BCUT2D eigenvalue weighted by molar-refractivity contribution is 0.0944. The number of thiophene rings is 1. The molecule has 0 saturated carbocycles. The monoisotopic (exact) mass is 317 g/mol. The molecule has 1 unspecified atom stereocenters. The van der Waals surface area contributed by atoms with Crippen molar-refractivity contribution in [3.63, 3.8) is 0 Å². The highest BCUT2D eigenvalue weighted by atomic mass is 32.1. The molecule has 0 aromatic carbocycles. The average molecular weight is 317 g/mol. The highest BCUT2D eigenvalue weighted by molar-refractivity contribution is 7.21. The molecule has 6 nitrogen and oxygen atoms in total. The number of carbonyl (C=O) groups is 1. The van der Waals surface area contributed by atoms with Gasteiger partial charge in [0.1, 0.15) is 4.83 Å². The van der Waals surface area contributed by atoms with E-state index in [0.29, 0.717) is 4.88 Å². The van der Waals surface area contributed by atoms with Gasteiger partial charge in [-0.05, 0) is 13.0 Å². The Bertz CT molecular complexity index is 917. The summed E-state index contributed by atoms with van der Waals surface area (Å²) in [5.74, 6) is -0.0873. The molecule has 106 valence electrons. The van der Waals surface area contributed by atoms with Crippen molar-refractivity contribution in [2.24, 2.45) is 0 Å². The number of hydrogen-bond donors (Lipinski definition) is 2. The third-order valence-electron chi connectivity index (χ3n) is 3.33. The van der Waals surface area contributed by atoms with E-state index in [0.717, 1.165) is 20.9 Å². The molecule has 0 spiro atoms. The molecule has 0 radical (unpaired) electrons. The smallest absolute Gasteiger partial charge is 0.261 e. The summed E-state index contributed by atoms with van der Waals surface area (Å²) in [5.41, 5.74) is 1.93. The van der Waals surface area contributed by atoms with Crippen LogP contribution in [0.4, 0.5) is 0 Å². The first-order valence-corrected chi connectivity index (χ1v) is 8.06. The highest BCUT2D eigenvalue weighted by Crippen LogP contribution is 2.28. The fraction of sp³-hybridized carbons (Fsp3) is 0.154. The molecule has 4 aromatic heterocycles. The molecule has 0 aliphatic rings. The van der Waals surface area contributed by atoms with E-state index in [1.54, 1.807) is 23.7 Å². The Balaban J connectivity index is 1.63. The number of amides is 1. The van der Waals surface area contributed by atoms with Gasteiger partial charge in [0, 0.05) is 23.3 Å². The van der Waals surface area contributed by atoms with Gasteiger partial charge in [0.25, 0.3) is 5.91 Å². The summed E-state index contributed by atoms with van der Waals surface area (Å²) in [6.45, 7) is 1.93. The van der Waals surface area contributed by atoms with Crippen LogP contribution in [0.25, 0.3) is 15.3 Å². The van der Waals surface area contributed by atoms with Crippen LogP contribution in [0.1, 0.15) is 28.2 Å². The zero-order chi connectivity index (χ0) is 14.4. The molecule has 8 heteroatoms. The van der Waals surface area contributed by atoms with Crippen LogP contribution in [0.2, 0.25) is 0 Å². The lowest BCUT2D eigenvalue weighted by Crippen LogP contribution is -2.25. The number of nitrogens with one attached hydrogen (secondary N) is 2. The third kappa shape index (κ3) is 2.03. The molecule has 4 rings (SSSR count).